The molecular weight excluding hydrogens is 479 g/mol. The van der Waals surface area contributed by atoms with Crippen molar-refractivity contribution in [2.45, 2.75) is 59.6 Å². The molecule has 1 N–H and O–H groups in total. The highest BCUT2D eigenvalue weighted by Gasteiger charge is 2.56. The Morgan fingerprint density at radius 2 is 1.73 bits per heavy atom. The van der Waals surface area contributed by atoms with Gasteiger partial charge in [-0.05, 0) is 80.6 Å². The van der Waals surface area contributed by atoms with E-state index < -0.39 is 29.0 Å². The standard InChI is InChI=1S/C29H36F3N3O2/c1-6-34(7-2)16-28(17-35(26(36)20(28)5)25-18(3)9-8-10-19(25)4)27(37)33-24-14-22(21-11-12-21)13-23(15-24)29(30,31)32/h8-10,13-15,20-21H,6-7,11-12,16-17H2,1-5H3,(H,33,37)/t20?,28-/m1/s1. The van der Waals surface area contributed by atoms with Crippen molar-refractivity contribution in [2.24, 2.45) is 11.3 Å². The number of aryl methyl sites for hydroxylation is 2. The van der Waals surface area contributed by atoms with Gasteiger partial charge in [-0.15, -0.1) is 0 Å². The number of anilines is 2. The van der Waals surface area contributed by atoms with Crippen LogP contribution in [-0.4, -0.2) is 42.9 Å². The molecule has 1 aliphatic carbocycles. The molecule has 2 aromatic rings. The van der Waals surface area contributed by atoms with E-state index in [0.717, 1.165) is 35.7 Å². The van der Waals surface area contributed by atoms with Gasteiger partial charge in [0.05, 0.1) is 16.9 Å². The Morgan fingerprint density at radius 1 is 1.11 bits per heavy atom. The maximum atomic E-state index is 14.1. The van der Waals surface area contributed by atoms with E-state index in [9.17, 15) is 22.8 Å². The number of para-hydroxylation sites is 1. The number of hydrogen-bond acceptors (Lipinski definition) is 3. The number of carbonyl (C=O) groups is 2. The molecule has 2 amide bonds. The van der Waals surface area contributed by atoms with E-state index >= 15 is 0 Å². The second-order valence-corrected chi connectivity index (χ2v) is 10.6. The summed E-state index contributed by atoms with van der Waals surface area (Å²) < 4.78 is 41.0. The van der Waals surface area contributed by atoms with Crippen molar-refractivity contribution in [3.05, 3.63) is 58.7 Å². The third kappa shape index (κ3) is 5.26. The van der Waals surface area contributed by atoms with Gasteiger partial charge in [0.2, 0.25) is 11.8 Å². The lowest BCUT2D eigenvalue weighted by Gasteiger charge is -2.35. The molecule has 1 aliphatic heterocycles. The third-order valence-corrected chi connectivity index (χ3v) is 8.06. The number of nitrogens with one attached hydrogen (secondary N) is 1. The average Bonchev–Trinajstić information content (AvgIpc) is 3.66. The van der Waals surface area contributed by atoms with Gasteiger partial charge >= 0.3 is 6.18 Å². The SMILES string of the molecule is CCN(CC)C[C@@]1(C(=O)Nc2cc(C3CC3)cc(C(F)(F)F)c2)CN(c2c(C)cccc2C)C(=O)C1C. The molecule has 1 saturated carbocycles. The van der Waals surface area contributed by atoms with Crippen molar-refractivity contribution in [3.63, 3.8) is 0 Å². The smallest absolute Gasteiger partial charge is 0.325 e. The summed E-state index contributed by atoms with van der Waals surface area (Å²) in [5, 5.41) is 2.82. The largest absolute Gasteiger partial charge is 0.416 e. The molecule has 200 valence electrons. The van der Waals surface area contributed by atoms with Crippen LogP contribution in [-0.2, 0) is 15.8 Å². The highest BCUT2D eigenvalue weighted by Crippen LogP contribution is 2.45. The van der Waals surface area contributed by atoms with Crippen LogP contribution in [0, 0.1) is 25.2 Å². The van der Waals surface area contributed by atoms with Crippen LogP contribution in [0.1, 0.15) is 61.8 Å². The zero-order valence-corrected chi connectivity index (χ0v) is 22.2. The number of benzene rings is 2. The molecule has 1 saturated heterocycles. The monoisotopic (exact) mass is 515 g/mol. The summed E-state index contributed by atoms with van der Waals surface area (Å²) >= 11 is 0. The molecule has 0 aromatic heterocycles. The highest BCUT2D eigenvalue weighted by molar-refractivity contribution is 6.08. The topological polar surface area (TPSA) is 52.7 Å². The van der Waals surface area contributed by atoms with Crippen LogP contribution in [0.4, 0.5) is 24.5 Å². The fourth-order valence-corrected chi connectivity index (χ4v) is 5.56. The van der Waals surface area contributed by atoms with Crippen molar-refractivity contribution in [1.82, 2.24) is 4.90 Å². The number of carbonyl (C=O) groups excluding carboxylic acids is 2. The van der Waals surface area contributed by atoms with Crippen molar-refractivity contribution >= 4 is 23.2 Å². The normalized spacial score (nSPS) is 22.1. The summed E-state index contributed by atoms with van der Waals surface area (Å²) in [6.07, 6.45) is -2.83. The first-order valence-corrected chi connectivity index (χ1v) is 13.0. The molecule has 0 bridgehead atoms. The van der Waals surface area contributed by atoms with Crippen molar-refractivity contribution in [3.8, 4) is 0 Å². The van der Waals surface area contributed by atoms with Gasteiger partial charge in [-0.1, -0.05) is 39.0 Å². The molecule has 2 aromatic carbocycles. The fraction of sp³-hybridized carbons (Fsp3) is 0.517. The molecule has 1 heterocycles. The molecular formula is C29H36F3N3O2. The fourth-order valence-electron chi connectivity index (χ4n) is 5.56. The van der Waals surface area contributed by atoms with Gasteiger partial charge in [-0.2, -0.15) is 13.2 Å². The van der Waals surface area contributed by atoms with Crippen LogP contribution in [0.15, 0.2) is 36.4 Å². The second-order valence-electron chi connectivity index (χ2n) is 10.6. The molecule has 4 rings (SSSR count). The quantitative estimate of drug-likeness (QED) is 0.459. The van der Waals surface area contributed by atoms with Gasteiger partial charge in [0.15, 0.2) is 0 Å². The minimum absolute atomic E-state index is 0.0918. The van der Waals surface area contributed by atoms with Crippen LogP contribution >= 0.6 is 0 Å². The summed E-state index contributed by atoms with van der Waals surface area (Å²) in [7, 11) is 0. The number of halogens is 3. The first-order chi connectivity index (χ1) is 17.4. The van der Waals surface area contributed by atoms with Crippen LogP contribution in [0.25, 0.3) is 0 Å². The zero-order valence-electron chi connectivity index (χ0n) is 22.2. The molecule has 2 atom stereocenters. The van der Waals surface area contributed by atoms with Gasteiger partial charge < -0.3 is 15.1 Å². The van der Waals surface area contributed by atoms with E-state index in [2.05, 4.69) is 10.2 Å². The van der Waals surface area contributed by atoms with Crippen molar-refractivity contribution in [1.29, 1.82) is 0 Å². The molecule has 2 aliphatic rings. The number of nitrogens with zero attached hydrogens (tertiary/aromatic N) is 2. The summed E-state index contributed by atoms with van der Waals surface area (Å²) in [4.78, 5) is 31.5. The Bertz CT molecular complexity index is 1170. The van der Waals surface area contributed by atoms with E-state index in [4.69, 9.17) is 0 Å². The van der Waals surface area contributed by atoms with Gasteiger partial charge in [-0.25, -0.2) is 0 Å². The summed E-state index contributed by atoms with van der Waals surface area (Å²) in [5.74, 6) is -1.13. The number of rotatable bonds is 8. The molecule has 0 spiro atoms. The van der Waals surface area contributed by atoms with E-state index in [-0.39, 0.29) is 24.1 Å². The maximum Gasteiger partial charge on any atom is 0.416 e. The minimum atomic E-state index is -4.51. The van der Waals surface area contributed by atoms with E-state index in [1.54, 1.807) is 17.9 Å². The van der Waals surface area contributed by atoms with Gasteiger partial charge in [0.25, 0.3) is 0 Å². The second kappa shape index (κ2) is 10.1. The van der Waals surface area contributed by atoms with E-state index in [1.165, 1.54) is 6.07 Å². The third-order valence-electron chi connectivity index (χ3n) is 8.06. The van der Waals surface area contributed by atoms with E-state index in [0.29, 0.717) is 25.2 Å². The summed E-state index contributed by atoms with van der Waals surface area (Å²) in [6, 6.07) is 9.64. The van der Waals surface area contributed by atoms with Gasteiger partial charge in [-0.3, -0.25) is 9.59 Å². The Labute approximate surface area is 217 Å². The molecule has 0 radical (unpaired) electrons. The molecule has 1 unspecified atom stereocenters. The Kier molecular flexibility index (Phi) is 7.43. The molecule has 8 heteroatoms. The number of hydrogen-bond donors (Lipinski definition) is 1. The van der Waals surface area contributed by atoms with Crippen molar-refractivity contribution < 1.29 is 22.8 Å². The summed E-state index contributed by atoms with van der Waals surface area (Å²) in [6.45, 7) is 11.5. The van der Waals surface area contributed by atoms with Crippen molar-refractivity contribution in [2.75, 3.05) is 36.4 Å². The lowest BCUT2D eigenvalue weighted by Crippen LogP contribution is -2.50. The zero-order chi connectivity index (χ0) is 27.1. The molecule has 5 nitrogen and oxygen atoms in total. The Hall–Kier alpha value is -2.87. The predicted molar refractivity (Wildman–Crippen MR) is 140 cm³/mol. The maximum absolute atomic E-state index is 14.1. The molecule has 37 heavy (non-hydrogen) atoms. The number of alkyl halides is 3. The van der Waals surface area contributed by atoms with Crippen LogP contribution in [0.5, 0.6) is 0 Å². The minimum Gasteiger partial charge on any atom is -0.325 e. The Morgan fingerprint density at radius 3 is 2.27 bits per heavy atom. The molecule has 2 fully saturated rings. The van der Waals surface area contributed by atoms with E-state index in [1.807, 2.05) is 45.9 Å². The summed E-state index contributed by atoms with van der Waals surface area (Å²) in [5.41, 5.74) is 1.49. The average molecular weight is 516 g/mol. The highest BCUT2D eigenvalue weighted by atomic mass is 19.4. The van der Waals surface area contributed by atoms with Crippen LogP contribution < -0.4 is 10.2 Å². The van der Waals surface area contributed by atoms with Gasteiger partial charge in [0, 0.05) is 24.5 Å². The van der Waals surface area contributed by atoms with Crippen LogP contribution in [0.2, 0.25) is 0 Å². The first-order valence-electron chi connectivity index (χ1n) is 13.0. The van der Waals surface area contributed by atoms with Gasteiger partial charge in [0.1, 0.15) is 0 Å². The predicted octanol–water partition coefficient (Wildman–Crippen LogP) is 6.15. The number of amides is 2. The first kappa shape index (κ1) is 27.2. The lowest BCUT2D eigenvalue weighted by molar-refractivity contribution is -0.137. The lowest BCUT2D eigenvalue weighted by atomic mass is 9.77. The van der Waals surface area contributed by atoms with Crippen LogP contribution in [0.3, 0.4) is 0 Å². The Balaban J connectivity index is 1.74.